The number of nitrogens with zero attached hydrogens (tertiary/aromatic N) is 1. The molecule has 0 saturated carbocycles. The van der Waals surface area contributed by atoms with Crippen LogP contribution in [0.5, 0.6) is 17.2 Å². The Labute approximate surface area is 242 Å². The van der Waals surface area contributed by atoms with Crippen LogP contribution in [0, 0.1) is 0 Å². The second-order valence-corrected chi connectivity index (χ2v) is 11.2. The second-order valence-electron chi connectivity index (χ2n) is 10.1. The minimum Gasteiger partial charge on any atom is -0.496 e. The molecular weight excluding hydrogens is 518 g/mol. The predicted octanol–water partition coefficient (Wildman–Crippen LogP) is 7.74. The van der Waals surface area contributed by atoms with Gasteiger partial charge in [0.2, 0.25) is 0 Å². The van der Waals surface area contributed by atoms with Crippen molar-refractivity contribution in [2.24, 2.45) is 0 Å². The summed E-state index contributed by atoms with van der Waals surface area (Å²) in [6, 6.07) is 29.3. The Morgan fingerprint density at radius 3 is 2.42 bits per heavy atom. The third-order valence-corrected chi connectivity index (χ3v) is 8.44. The van der Waals surface area contributed by atoms with E-state index < -0.39 is 0 Å². The molecule has 0 amide bonds. The fourth-order valence-electron chi connectivity index (χ4n) is 5.27. The number of hydrogen-bond acceptors (Lipinski definition) is 6. The molecule has 210 valence electrons. The molecule has 1 atom stereocenters. The molecule has 6 heteroatoms. The van der Waals surface area contributed by atoms with Crippen LogP contribution in [0.3, 0.4) is 0 Å². The number of fused-ring (bicyclic) bond motifs is 1. The molecule has 4 aromatic carbocycles. The molecule has 0 bridgehead atoms. The maximum Gasteiger partial charge on any atom is 0.132 e. The van der Waals surface area contributed by atoms with Crippen molar-refractivity contribution in [1.82, 2.24) is 0 Å². The summed E-state index contributed by atoms with van der Waals surface area (Å²) >= 11 is 1.96. The van der Waals surface area contributed by atoms with Crippen molar-refractivity contribution in [2.45, 2.75) is 37.7 Å². The van der Waals surface area contributed by atoms with Gasteiger partial charge in [0.05, 0.1) is 33.5 Å². The van der Waals surface area contributed by atoms with Gasteiger partial charge < -0.3 is 23.8 Å². The van der Waals surface area contributed by atoms with E-state index in [0.29, 0.717) is 6.61 Å². The number of rotatable bonds is 13. The van der Waals surface area contributed by atoms with E-state index in [4.69, 9.17) is 18.9 Å². The SMILES string of the molecule is COc1cc(COC2CCCN(c3ccc(OCCCSCc4ccccc4)cc3)C2)c(OC)c2ccccc12. The van der Waals surface area contributed by atoms with Crippen LogP contribution in [-0.2, 0) is 17.1 Å². The van der Waals surface area contributed by atoms with Gasteiger partial charge in [-0.25, -0.2) is 0 Å². The Morgan fingerprint density at radius 2 is 1.65 bits per heavy atom. The highest BCUT2D eigenvalue weighted by atomic mass is 32.2. The number of ether oxygens (including phenoxy) is 4. The summed E-state index contributed by atoms with van der Waals surface area (Å²) in [5.41, 5.74) is 3.60. The van der Waals surface area contributed by atoms with E-state index in [-0.39, 0.29) is 6.10 Å². The van der Waals surface area contributed by atoms with Crippen molar-refractivity contribution >= 4 is 28.2 Å². The van der Waals surface area contributed by atoms with Crippen molar-refractivity contribution in [2.75, 3.05) is 44.6 Å². The van der Waals surface area contributed by atoms with Crippen molar-refractivity contribution in [3.63, 3.8) is 0 Å². The first-order chi connectivity index (χ1) is 19.7. The minimum atomic E-state index is 0.153. The smallest absolute Gasteiger partial charge is 0.132 e. The van der Waals surface area contributed by atoms with Crippen molar-refractivity contribution in [3.8, 4) is 17.2 Å². The summed E-state index contributed by atoms with van der Waals surface area (Å²) in [5, 5.41) is 2.09. The van der Waals surface area contributed by atoms with E-state index in [1.165, 1.54) is 11.3 Å². The van der Waals surface area contributed by atoms with Crippen LogP contribution >= 0.6 is 11.8 Å². The lowest BCUT2D eigenvalue weighted by Crippen LogP contribution is -2.39. The van der Waals surface area contributed by atoms with Gasteiger partial charge in [0.15, 0.2) is 0 Å². The van der Waals surface area contributed by atoms with Crippen molar-refractivity contribution < 1.29 is 18.9 Å². The minimum absolute atomic E-state index is 0.153. The van der Waals surface area contributed by atoms with Crippen LogP contribution in [-0.4, -0.2) is 45.8 Å². The predicted molar refractivity (Wildman–Crippen MR) is 166 cm³/mol. The van der Waals surface area contributed by atoms with E-state index in [0.717, 1.165) is 84.0 Å². The molecule has 1 fully saturated rings. The summed E-state index contributed by atoms with van der Waals surface area (Å²) in [5.74, 6) is 4.78. The molecule has 40 heavy (non-hydrogen) atoms. The zero-order valence-corrected chi connectivity index (χ0v) is 24.3. The largest absolute Gasteiger partial charge is 0.496 e. The third kappa shape index (κ3) is 7.23. The second kappa shape index (κ2) is 14.3. The number of methoxy groups -OCH3 is 2. The van der Waals surface area contributed by atoms with E-state index >= 15 is 0 Å². The Balaban J connectivity index is 1.10. The molecule has 0 radical (unpaired) electrons. The van der Waals surface area contributed by atoms with E-state index in [9.17, 15) is 0 Å². The van der Waals surface area contributed by atoms with Gasteiger partial charge in [-0.1, -0.05) is 54.6 Å². The first kappa shape index (κ1) is 28.2. The zero-order chi connectivity index (χ0) is 27.6. The molecule has 1 aliphatic rings. The molecule has 0 aliphatic carbocycles. The highest BCUT2D eigenvalue weighted by Crippen LogP contribution is 2.37. The molecule has 1 heterocycles. The number of thioether (sulfide) groups is 1. The van der Waals surface area contributed by atoms with Crippen LogP contribution in [0.25, 0.3) is 10.8 Å². The fraction of sp³-hybridized carbons (Fsp3) is 0.353. The summed E-state index contributed by atoms with van der Waals surface area (Å²) in [6.45, 7) is 3.13. The van der Waals surface area contributed by atoms with E-state index in [1.807, 2.05) is 30.0 Å². The lowest BCUT2D eigenvalue weighted by atomic mass is 10.0. The van der Waals surface area contributed by atoms with Gasteiger partial charge in [-0.2, -0.15) is 11.8 Å². The molecule has 4 aromatic rings. The van der Waals surface area contributed by atoms with Crippen LogP contribution in [0.1, 0.15) is 30.4 Å². The molecule has 0 N–H and O–H groups in total. The molecule has 5 nitrogen and oxygen atoms in total. The Morgan fingerprint density at radius 1 is 0.875 bits per heavy atom. The summed E-state index contributed by atoms with van der Waals surface area (Å²) < 4.78 is 23.9. The van der Waals surface area contributed by atoms with Crippen LogP contribution in [0.2, 0.25) is 0 Å². The maximum atomic E-state index is 6.44. The highest BCUT2D eigenvalue weighted by molar-refractivity contribution is 7.98. The monoisotopic (exact) mass is 557 g/mol. The Bertz CT molecular complexity index is 1350. The molecule has 0 spiro atoms. The third-order valence-electron chi connectivity index (χ3n) is 7.33. The van der Waals surface area contributed by atoms with Gasteiger partial charge in [-0.15, -0.1) is 0 Å². The molecule has 0 aromatic heterocycles. The normalized spacial score (nSPS) is 15.2. The average Bonchev–Trinajstić information content (AvgIpc) is 3.02. The maximum absolute atomic E-state index is 6.44. The highest BCUT2D eigenvalue weighted by Gasteiger charge is 2.22. The topological polar surface area (TPSA) is 40.2 Å². The number of hydrogen-bond donors (Lipinski definition) is 0. The van der Waals surface area contributed by atoms with Gasteiger partial charge in [0.1, 0.15) is 17.2 Å². The average molecular weight is 558 g/mol. The quantitative estimate of drug-likeness (QED) is 0.157. The van der Waals surface area contributed by atoms with E-state index in [1.54, 1.807) is 14.2 Å². The summed E-state index contributed by atoms with van der Waals surface area (Å²) in [6.07, 6.45) is 3.34. The van der Waals surface area contributed by atoms with Gasteiger partial charge in [-0.05, 0) is 60.9 Å². The Hall–Kier alpha value is -3.35. The van der Waals surface area contributed by atoms with Gasteiger partial charge in [0.25, 0.3) is 0 Å². The zero-order valence-electron chi connectivity index (χ0n) is 23.5. The number of anilines is 1. The first-order valence-electron chi connectivity index (χ1n) is 14.1. The fourth-order valence-corrected chi connectivity index (χ4v) is 6.17. The van der Waals surface area contributed by atoms with Crippen LogP contribution < -0.4 is 19.1 Å². The van der Waals surface area contributed by atoms with Crippen LogP contribution in [0.15, 0.2) is 84.9 Å². The number of piperidine rings is 1. The standard InChI is InChI=1S/C34H39NO4S/c1-36-33-22-27(34(37-2)32-14-7-6-13-31(32)33)24-39-30-12-8-19-35(23-30)28-15-17-29(18-16-28)38-20-9-21-40-25-26-10-4-3-5-11-26/h3-7,10-11,13-18,22,30H,8-9,12,19-21,23-25H2,1-2H3. The van der Waals surface area contributed by atoms with Crippen molar-refractivity contribution in [1.29, 1.82) is 0 Å². The lowest BCUT2D eigenvalue weighted by molar-refractivity contribution is 0.0306. The molecule has 5 rings (SSSR count). The summed E-state index contributed by atoms with van der Waals surface area (Å²) in [7, 11) is 3.43. The number of benzene rings is 4. The van der Waals surface area contributed by atoms with Crippen molar-refractivity contribution in [3.05, 3.63) is 96.1 Å². The van der Waals surface area contributed by atoms with Gasteiger partial charge in [-0.3, -0.25) is 0 Å². The molecular formula is C34H39NO4S. The Kier molecular flexibility index (Phi) is 10.1. The summed E-state index contributed by atoms with van der Waals surface area (Å²) in [4.78, 5) is 2.41. The lowest BCUT2D eigenvalue weighted by Gasteiger charge is -2.34. The molecule has 1 unspecified atom stereocenters. The van der Waals surface area contributed by atoms with Crippen LogP contribution in [0.4, 0.5) is 5.69 Å². The molecule has 1 aliphatic heterocycles. The van der Waals surface area contributed by atoms with E-state index in [2.05, 4.69) is 71.6 Å². The molecule has 1 saturated heterocycles. The van der Waals surface area contributed by atoms with Gasteiger partial charge in [0, 0.05) is 40.9 Å². The first-order valence-corrected chi connectivity index (χ1v) is 15.2. The van der Waals surface area contributed by atoms with Gasteiger partial charge >= 0.3 is 0 Å².